The molecule has 0 spiro atoms. The fourth-order valence-electron chi connectivity index (χ4n) is 0.998. The van der Waals surface area contributed by atoms with Crippen molar-refractivity contribution in [1.29, 1.82) is 0 Å². The van der Waals surface area contributed by atoms with E-state index in [1.165, 1.54) is 5.56 Å². The smallest absolute Gasteiger partial charge is 0.0885 e. The van der Waals surface area contributed by atoms with Crippen molar-refractivity contribution < 1.29 is 0 Å². The number of thioether (sulfide) groups is 1. The third kappa shape index (κ3) is 2.41. The molecule has 1 aromatic heterocycles. The lowest BCUT2D eigenvalue weighted by atomic mass is 10.3. The summed E-state index contributed by atoms with van der Waals surface area (Å²) in [7, 11) is 1.94. The van der Waals surface area contributed by atoms with E-state index in [4.69, 9.17) is 0 Å². The highest BCUT2D eigenvalue weighted by molar-refractivity contribution is 8.02. The van der Waals surface area contributed by atoms with Crippen molar-refractivity contribution in [3.8, 4) is 0 Å². The van der Waals surface area contributed by atoms with E-state index in [1.54, 1.807) is 11.8 Å². The summed E-state index contributed by atoms with van der Waals surface area (Å²) >= 11 is 1.79. The van der Waals surface area contributed by atoms with Crippen molar-refractivity contribution >= 4 is 17.8 Å². The molecule has 0 saturated heterocycles. The van der Waals surface area contributed by atoms with E-state index in [2.05, 4.69) is 30.4 Å². The summed E-state index contributed by atoms with van der Waals surface area (Å²) < 4.78 is 1.84. The molecule has 0 atom stereocenters. The molecule has 0 fully saturated rings. The normalized spacial score (nSPS) is 11.2. The van der Waals surface area contributed by atoms with Crippen molar-refractivity contribution in [3.63, 3.8) is 0 Å². The molecule has 0 aromatic carbocycles. The SMILES string of the molecule is CCSC=Cc1nn(C)cc1C. The van der Waals surface area contributed by atoms with Crippen LogP contribution in [0.15, 0.2) is 11.6 Å². The molecule has 66 valence electrons. The molecular weight excluding hydrogens is 168 g/mol. The van der Waals surface area contributed by atoms with Gasteiger partial charge in [0.25, 0.3) is 0 Å². The predicted octanol–water partition coefficient (Wildman–Crippen LogP) is 2.45. The molecule has 0 radical (unpaired) electrons. The summed E-state index contributed by atoms with van der Waals surface area (Å²) in [6, 6.07) is 0. The van der Waals surface area contributed by atoms with Gasteiger partial charge in [-0.15, -0.1) is 11.8 Å². The van der Waals surface area contributed by atoms with Gasteiger partial charge in [0.2, 0.25) is 0 Å². The first kappa shape index (κ1) is 9.39. The third-order valence-electron chi connectivity index (χ3n) is 1.54. The molecule has 0 aliphatic carbocycles. The molecular formula is C9H14N2S. The van der Waals surface area contributed by atoms with E-state index in [0.717, 1.165) is 11.4 Å². The van der Waals surface area contributed by atoms with Gasteiger partial charge in [0.1, 0.15) is 0 Å². The van der Waals surface area contributed by atoms with E-state index < -0.39 is 0 Å². The lowest BCUT2D eigenvalue weighted by molar-refractivity contribution is 0.764. The highest BCUT2D eigenvalue weighted by Crippen LogP contribution is 2.09. The molecule has 0 saturated carbocycles. The van der Waals surface area contributed by atoms with Gasteiger partial charge in [0.15, 0.2) is 0 Å². The van der Waals surface area contributed by atoms with E-state index >= 15 is 0 Å². The molecule has 0 aliphatic rings. The quantitative estimate of drug-likeness (QED) is 0.714. The Bertz CT molecular complexity index is 276. The number of hydrogen-bond acceptors (Lipinski definition) is 2. The van der Waals surface area contributed by atoms with Gasteiger partial charge in [0, 0.05) is 13.2 Å². The fraction of sp³-hybridized carbons (Fsp3) is 0.444. The number of hydrogen-bond donors (Lipinski definition) is 0. The minimum atomic E-state index is 1.07. The lowest BCUT2D eigenvalue weighted by Gasteiger charge is -1.87. The first-order valence-electron chi connectivity index (χ1n) is 4.02. The summed E-state index contributed by atoms with van der Waals surface area (Å²) in [5.41, 5.74) is 2.30. The van der Waals surface area contributed by atoms with E-state index in [1.807, 2.05) is 17.9 Å². The van der Waals surface area contributed by atoms with Crippen LogP contribution in [0.3, 0.4) is 0 Å². The van der Waals surface area contributed by atoms with Crippen molar-refractivity contribution in [1.82, 2.24) is 9.78 Å². The Morgan fingerprint density at radius 2 is 2.42 bits per heavy atom. The average Bonchev–Trinajstić information content (AvgIpc) is 2.31. The van der Waals surface area contributed by atoms with Crippen molar-refractivity contribution in [3.05, 3.63) is 22.9 Å². The molecule has 0 aliphatic heterocycles. The van der Waals surface area contributed by atoms with Crippen LogP contribution in [-0.2, 0) is 7.05 Å². The van der Waals surface area contributed by atoms with Gasteiger partial charge in [-0.25, -0.2) is 0 Å². The third-order valence-corrected chi connectivity index (χ3v) is 2.20. The maximum atomic E-state index is 4.30. The lowest BCUT2D eigenvalue weighted by Crippen LogP contribution is -1.86. The van der Waals surface area contributed by atoms with Crippen LogP contribution in [0, 0.1) is 6.92 Å². The van der Waals surface area contributed by atoms with Crippen LogP contribution < -0.4 is 0 Å². The predicted molar refractivity (Wildman–Crippen MR) is 55.1 cm³/mol. The standard InChI is InChI=1S/C9H14N2S/c1-4-12-6-5-9-8(2)7-11(3)10-9/h5-7H,4H2,1-3H3. The molecule has 2 nitrogen and oxygen atoms in total. The molecule has 1 rings (SSSR count). The number of nitrogens with zero attached hydrogens (tertiary/aromatic N) is 2. The zero-order chi connectivity index (χ0) is 8.97. The summed E-state index contributed by atoms with van der Waals surface area (Å²) in [6.07, 6.45) is 4.08. The summed E-state index contributed by atoms with van der Waals surface area (Å²) in [5, 5.41) is 6.39. The van der Waals surface area contributed by atoms with Crippen LogP contribution in [0.2, 0.25) is 0 Å². The van der Waals surface area contributed by atoms with Crippen molar-refractivity contribution in [2.75, 3.05) is 5.75 Å². The zero-order valence-corrected chi connectivity index (χ0v) is 8.56. The largest absolute Gasteiger partial charge is 0.275 e. The molecule has 1 heterocycles. The summed E-state index contributed by atoms with van der Waals surface area (Å²) in [6.45, 7) is 4.21. The Kier molecular flexibility index (Phi) is 3.41. The molecule has 0 bridgehead atoms. The number of rotatable bonds is 3. The molecule has 0 unspecified atom stereocenters. The van der Waals surface area contributed by atoms with Gasteiger partial charge in [-0.2, -0.15) is 5.10 Å². The molecule has 12 heavy (non-hydrogen) atoms. The van der Waals surface area contributed by atoms with Crippen LogP contribution in [0.25, 0.3) is 6.08 Å². The highest BCUT2D eigenvalue weighted by Gasteiger charge is 1.97. The summed E-state index contributed by atoms with van der Waals surface area (Å²) in [4.78, 5) is 0. The van der Waals surface area contributed by atoms with Crippen molar-refractivity contribution in [2.45, 2.75) is 13.8 Å². The first-order chi connectivity index (χ1) is 5.74. The van der Waals surface area contributed by atoms with Gasteiger partial charge in [-0.1, -0.05) is 6.92 Å². The highest BCUT2D eigenvalue weighted by atomic mass is 32.2. The van der Waals surface area contributed by atoms with E-state index in [-0.39, 0.29) is 0 Å². The van der Waals surface area contributed by atoms with Crippen LogP contribution in [0.4, 0.5) is 0 Å². The van der Waals surface area contributed by atoms with Gasteiger partial charge in [-0.3, -0.25) is 4.68 Å². The Hall–Kier alpha value is -0.700. The minimum absolute atomic E-state index is 1.07. The maximum Gasteiger partial charge on any atom is 0.0885 e. The Morgan fingerprint density at radius 3 is 2.92 bits per heavy atom. The maximum absolute atomic E-state index is 4.30. The van der Waals surface area contributed by atoms with E-state index in [9.17, 15) is 0 Å². The van der Waals surface area contributed by atoms with Gasteiger partial charge < -0.3 is 0 Å². The first-order valence-corrected chi connectivity index (χ1v) is 5.07. The van der Waals surface area contributed by atoms with Gasteiger partial charge >= 0.3 is 0 Å². The van der Waals surface area contributed by atoms with Gasteiger partial charge in [-0.05, 0) is 29.7 Å². The molecule has 1 aromatic rings. The van der Waals surface area contributed by atoms with Crippen LogP contribution in [0.5, 0.6) is 0 Å². The molecule has 3 heteroatoms. The zero-order valence-electron chi connectivity index (χ0n) is 7.74. The minimum Gasteiger partial charge on any atom is -0.275 e. The Morgan fingerprint density at radius 1 is 1.67 bits per heavy atom. The van der Waals surface area contributed by atoms with Gasteiger partial charge in [0.05, 0.1) is 5.69 Å². The average molecular weight is 182 g/mol. The Balaban J connectivity index is 2.68. The monoisotopic (exact) mass is 182 g/mol. The number of aryl methyl sites for hydroxylation is 2. The fourth-order valence-corrected chi connectivity index (χ4v) is 1.42. The second kappa shape index (κ2) is 4.36. The topological polar surface area (TPSA) is 17.8 Å². The molecule has 0 amide bonds. The van der Waals surface area contributed by atoms with Crippen molar-refractivity contribution in [2.24, 2.45) is 7.05 Å². The second-order valence-corrected chi connectivity index (χ2v) is 3.81. The second-order valence-electron chi connectivity index (χ2n) is 2.63. The number of aromatic nitrogens is 2. The van der Waals surface area contributed by atoms with Crippen LogP contribution >= 0.6 is 11.8 Å². The van der Waals surface area contributed by atoms with Crippen LogP contribution in [-0.4, -0.2) is 15.5 Å². The van der Waals surface area contributed by atoms with Crippen LogP contribution in [0.1, 0.15) is 18.2 Å². The summed E-state index contributed by atoms with van der Waals surface area (Å²) in [5.74, 6) is 1.11. The Labute approximate surface area is 77.7 Å². The molecule has 0 N–H and O–H groups in total. The van der Waals surface area contributed by atoms with E-state index in [0.29, 0.717) is 0 Å².